The number of hydrogen-bond donors (Lipinski definition) is 2. The van der Waals surface area contributed by atoms with Gasteiger partial charge >= 0.3 is 0 Å². The summed E-state index contributed by atoms with van der Waals surface area (Å²) in [5, 5.41) is 15.8. The lowest BCUT2D eigenvalue weighted by molar-refractivity contribution is 0.112. The molecule has 1 aromatic carbocycles. The lowest BCUT2D eigenvalue weighted by Gasteiger charge is -2.13. The first-order valence-electron chi connectivity index (χ1n) is 11.3. The first-order chi connectivity index (χ1) is 16.6. The van der Waals surface area contributed by atoms with Crippen molar-refractivity contribution in [3.05, 3.63) is 47.6 Å². The Labute approximate surface area is 203 Å². The highest BCUT2D eigenvalue weighted by molar-refractivity contribution is 7.16. The first-order valence-corrected chi connectivity index (χ1v) is 12.2. The average Bonchev–Trinajstić information content (AvgIpc) is 3.31. The third kappa shape index (κ3) is 6.12. The summed E-state index contributed by atoms with van der Waals surface area (Å²) in [6, 6.07) is 8.15. The van der Waals surface area contributed by atoms with Crippen LogP contribution in [-0.2, 0) is 0 Å². The number of carbonyl (C=O) groups excluding carboxylic acids is 1. The van der Waals surface area contributed by atoms with Crippen LogP contribution in [0.3, 0.4) is 0 Å². The quantitative estimate of drug-likeness (QED) is 0.332. The minimum absolute atomic E-state index is 0.349. The lowest BCUT2D eigenvalue weighted by atomic mass is 10.1. The molecule has 2 fully saturated rings. The molecule has 2 aromatic heterocycles. The number of likely N-dealkylation sites (tertiary alicyclic amines) is 1. The number of benzene rings is 1. The topological polar surface area (TPSA) is 95.4 Å². The molecule has 1 aliphatic carbocycles. The number of aliphatic imine (C=N–C) groups is 1. The minimum atomic E-state index is 0.349. The maximum atomic E-state index is 10.9. The van der Waals surface area contributed by atoms with Gasteiger partial charge in [-0.2, -0.15) is 0 Å². The van der Waals surface area contributed by atoms with E-state index in [0.717, 1.165) is 41.0 Å². The van der Waals surface area contributed by atoms with Gasteiger partial charge in [0.15, 0.2) is 16.3 Å². The highest BCUT2D eigenvalue weighted by Gasteiger charge is 2.23. The molecule has 1 saturated heterocycles. The van der Waals surface area contributed by atoms with Gasteiger partial charge in [0.2, 0.25) is 0 Å². The highest BCUT2D eigenvalue weighted by atomic mass is 32.1. The fourth-order valence-electron chi connectivity index (χ4n) is 3.62. The molecule has 176 valence electrons. The van der Waals surface area contributed by atoms with E-state index in [1.807, 2.05) is 24.3 Å². The van der Waals surface area contributed by atoms with Crippen molar-refractivity contribution in [2.75, 3.05) is 30.8 Å². The fourth-order valence-corrected chi connectivity index (χ4v) is 4.30. The number of aldehydes is 1. The van der Waals surface area contributed by atoms with Crippen LogP contribution < -0.4 is 10.6 Å². The van der Waals surface area contributed by atoms with Gasteiger partial charge in [0, 0.05) is 35.2 Å². The molecular formula is C25H29N7OS. The van der Waals surface area contributed by atoms with Crippen LogP contribution in [0.5, 0.6) is 0 Å². The number of pyridine rings is 1. The van der Waals surface area contributed by atoms with E-state index < -0.39 is 0 Å². The van der Waals surface area contributed by atoms with Gasteiger partial charge in [-0.1, -0.05) is 24.0 Å². The largest absolute Gasteiger partial charge is 0.382 e. The number of hydrogen-bond acceptors (Lipinski definition) is 9. The predicted octanol–water partition coefficient (Wildman–Crippen LogP) is 5.42. The maximum Gasteiger partial charge on any atom is 0.180 e. The zero-order chi connectivity index (χ0) is 23.9. The molecule has 8 nitrogen and oxygen atoms in total. The van der Waals surface area contributed by atoms with E-state index in [1.54, 1.807) is 12.3 Å². The standard InChI is InChI=1S/C20H18N6OS.C5H11N/c1-3-12-8-14(6-7-16(12)21-2)24-18-9-17(23-13-4-5-13)15(10-22-18)20-26-25-19(11-27)28-20;1-6-4-2-3-5-6/h3,6-11,13H,1-2,4-5H2,(H2,22,23,24);2-5H2,1H3. The van der Waals surface area contributed by atoms with E-state index in [4.69, 9.17) is 0 Å². The van der Waals surface area contributed by atoms with Crippen LogP contribution in [-0.4, -0.2) is 59.3 Å². The van der Waals surface area contributed by atoms with E-state index in [9.17, 15) is 4.79 Å². The second-order valence-corrected chi connectivity index (χ2v) is 9.38. The fraction of sp³-hybridized carbons (Fsp3) is 0.320. The van der Waals surface area contributed by atoms with Crippen molar-refractivity contribution < 1.29 is 4.79 Å². The highest BCUT2D eigenvalue weighted by Crippen LogP contribution is 2.35. The van der Waals surface area contributed by atoms with Crippen LogP contribution in [0.25, 0.3) is 16.6 Å². The van der Waals surface area contributed by atoms with Crippen molar-refractivity contribution in [2.45, 2.75) is 31.7 Å². The van der Waals surface area contributed by atoms with Crippen LogP contribution in [0.4, 0.5) is 22.9 Å². The lowest BCUT2D eigenvalue weighted by Crippen LogP contribution is -2.10. The van der Waals surface area contributed by atoms with Gasteiger partial charge in [-0.05, 0) is 70.7 Å². The Morgan fingerprint density at radius 1 is 1.21 bits per heavy atom. The Morgan fingerprint density at radius 3 is 2.59 bits per heavy atom. The molecular weight excluding hydrogens is 446 g/mol. The summed E-state index contributed by atoms with van der Waals surface area (Å²) < 4.78 is 0. The summed E-state index contributed by atoms with van der Waals surface area (Å²) in [5.41, 5.74) is 4.30. The molecule has 3 heterocycles. The van der Waals surface area contributed by atoms with Gasteiger partial charge in [-0.15, -0.1) is 10.2 Å². The molecule has 34 heavy (non-hydrogen) atoms. The Kier molecular flexibility index (Phi) is 7.76. The Balaban J connectivity index is 0.000000398. The van der Waals surface area contributed by atoms with Gasteiger partial charge in [0.05, 0.1) is 11.3 Å². The molecule has 2 aliphatic rings. The third-order valence-electron chi connectivity index (χ3n) is 5.63. The van der Waals surface area contributed by atoms with Gasteiger partial charge in [-0.25, -0.2) is 4.98 Å². The zero-order valence-electron chi connectivity index (χ0n) is 19.3. The van der Waals surface area contributed by atoms with Crippen molar-refractivity contribution in [2.24, 2.45) is 4.99 Å². The second kappa shape index (κ2) is 11.1. The maximum absolute atomic E-state index is 10.9. The summed E-state index contributed by atoms with van der Waals surface area (Å²) in [6.45, 7) is 10.0. The van der Waals surface area contributed by atoms with Crippen molar-refractivity contribution in [1.82, 2.24) is 20.1 Å². The molecule has 9 heteroatoms. The summed E-state index contributed by atoms with van der Waals surface area (Å²) in [7, 11) is 2.17. The van der Waals surface area contributed by atoms with Crippen LogP contribution in [0.15, 0.2) is 42.0 Å². The van der Waals surface area contributed by atoms with E-state index >= 15 is 0 Å². The molecule has 0 bridgehead atoms. The summed E-state index contributed by atoms with van der Waals surface area (Å²) in [4.78, 5) is 21.8. The van der Waals surface area contributed by atoms with Crippen LogP contribution in [0, 0.1) is 0 Å². The van der Waals surface area contributed by atoms with Gasteiger partial charge in [0.1, 0.15) is 5.82 Å². The monoisotopic (exact) mass is 475 g/mol. The van der Waals surface area contributed by atoms with Crippen LogP contribution in [0.2, 0.25) is 0 Å². The van der Waals surface area contributed by atoms with E-state index in [-0.39, 0.29) is 0 Å². The Hall–Kier alpha value is -3.43. The normalized spacial score (nSPS) is 15.2. The number of nitrogens with zero attached hydrogens (tertiary/aromatic N) is 5. The average molecular weight is 476 g/mol. The Bertz CT molecular complexity index is 1170. The molecule has 0 atom stereocenters. The Morgan fingerprint density at radius 2 is 2.00 bits per heavy atom. The van der Waals surface area contributed by atoms with Crippen molar-refractivity contribution in [3.8, 4) is 10.6 Å². The van der Waals surface area contributed by atoms with Gasteiger partial charge < -0.3 is 15.5 Å². The molecule has 0 radical (unpaired) electrons. The zero-order valence-corrected chi connectivity index (χ0v) is 20.1. The minimum Gasteiger partial charge on any atom is -0.382 e. The second-order valence-electron chi connectivity index (χ2n) is 8.37. The number of anilines is 3. The molecule has 1 saturated carbocycles. The molecule has 0 spiro atoms. The summed E-state index contributed by atoms with van der Waals surface area (Å²) in [6.07, 6.45) is 9.30. The number of carbonyl (C=O) groups is 1. The first kappa shape index (κ1) is 23.7. The number of nitrogens with one attached hydrogen (secondary N) is 2. The summed E-state index contributed by atoms with van der Waals surface area (Å²) >= 11 is 1.25. The van der Waals surface area contributed by atoms with E-state index in [1.165, 1.54) is 37.3 Å². The van der Waals surface area contributed by atoms with Crippen molar-refractivity contribution in [3.63, 3.8) is 0 Å². The number of rotatable bonds is 8. The van der Waals surface area contributed by atoms with E-state index in [2.05, 4.69) is 56.1 Å². The SMILES string of the molecule is C=Cc1cc(Nc2cc(NC3CC3)c(-c3nnc(C=O)s3)cn2)ccc1N=C.CN1CCCC1. The molecule has 0 unspecified atom stereocenters. The number of aromatic nitrogens is 3. The van der Waals surface area contributed by atoms with Crippen LogP contribution >= 0.6 is 11.3 Å². The van der Waals surface area contributed by atoms with Gasteiger partial charge in [-0.3, -0.25) is 9.79 Å². The third-order valence-corrected chi connectivity index (χ3v) is 6.51. The molecule has 1 aliphatic heterocycles. The molecule has 0 amide bonds. The molecule has 3 aromatic rings. The van der Waals surface area contributed by atoms with Crippen LogP contribution in [0.1, 0.15) is 41.0 Å². The smallest absolute Gasteiger partial charge is 0.180 e. The molecule has 5 rings (SSSR count). The van der Waals surface area contributed by atoms with E-state index in [0.29, 0.717) is 28.2 Å². The van der Waals surface area contributed by atoms with Crippen molar-refractivity contribution >= 4 is 53.3 Å². The molecule has 2 N–H and O–H groups in total. The summed E-state index contributed by atoms with van der Waals surface area (Å²) in [5.74, 6) is 0.696. The predicted molar refractivity (Wildman–Crippen MR) is 141 cm³/mol. The van der Waals surface area contributed by atoms with Gasteiger partial charge in [0.25, 0.3) is 0 Å². The van der Waals surface area contributed by atoms with Crippen molar-refractivity contribution in [1.29, 1.82) is 0 Å².